The average molecular weight is 331 g/mol. The van der Waals surface area contributed by atoms with E-state index in [1.54, 1.807) is 24.5 Å². The van der Waals surface area contributed by atoms with Crippen LogP contribution in [0.15, 0.2) is 67.4 Å². The van der Waals surface area contributed by atoms with Crippen molar-refractivity contribution in [2.24, 2.45) is 0 Å². The van der Waals surface area contributed by atoms with Crippen molar-refractivity contribution in [3.8, 4) is 17.0 Å². The Kier molecular flexibility index (Phi) is 4.00. The van der Waals surface area contributed by atoms with Gasteiger partial charge in [0, 0.05) is 36.9 Å². The Balaban J connectivity index is 1.57. The fraction of sp³-hybridized carbons (Fsp3) is 0.105. The number of imidazole rings is 1. The van der Waals surface area contributed by atoms with Crippen LogP contribution in [0.4, 0.5) is 5.82 Å². The Morgan fingerprint density at radius 3 is 2.68 bits per heavy atom. The maximum absolute atomic E-state index is 9.46. The van der Waals surface area contributed by atoms with Crippen LogP contribution < -0.4 is 5.32 Å². The van der Waals surface area contributed by atoms with Crippen LogP contribution in [0.1, 0.15) is 5.56 Å². The van der Waals surface area contributed by atoms with Gasteiger partial charge >= 0.3 is 0 Å². The number of phenolic OH excluding ortho intramolecular Hbond substituents is 1. The first-order valence-corrected chi connectivity index (χ1v) is 8.05. The van der Waals surface area contributed by atoms with Gasteiger partial charge in [0.25, 0.3) is 0 Å². The molecule has 6 nitrogen and oxygen atoms in total. The summed E-state index contributed by atoms with van der Waals surface area (Å²) in [4.78, 5) is 13.0. The maximum atomic E-state index is 9.46. The zero-order valence-corrected chi connectivity index (χ0v) is 13.5. The SMILES string of the molecule is Oc1ccc(-c2cnc3c(NCCc4cccnc4)nccn23)cc1. The third kappa shape index (κ3) is 3.14. The van der Waals surface area contributed by atoms with Crippen LogP contribution in [0.25, 0.3) is 16.9 Å². The third-order valence-electron chi connectivity index (χ3n) is 4.02. The Morgan fingerprint density at radius 1 is 1.00 bits per heavy atom. The van der Waals surface area contributed by atoms with Crippen molar-refractivity contribution < 1.29 is 5.11 Å². The quantitative estimate of drug-likeness (QED) is 0.587. The summed E-state index contributed by atoms with van der Waals surface area (Å²) in [5.74, 6) is 0.994. The van der Waals surface area contributed by atoms with Crippen LogP contribution in [-0.2, 0) is 6.42 Å². The van der Waals surface area contributed by atoms with Crippen molar-refractivity contribution in [2.45, 2.75) is 6.42 Å². The molecule has 0 unspecified atom stereocenters. The van der Waals surface area contributed by atoms with E-state index in [4.69, 9.17) is 0 Å². The number of phenols is 1. The molecule has 0 aliphatic carbocycles. The molecular weight excluding hydrogens is 314 g/mol. The minimum atomic E-state index is 0.247. The van der Waals surface area contributed by atoms with Crippen LogP contribution in [0.3, 0.4) is 0 Å². The molecule has 0 aliphatic rings. The first kappa shape index (κ1) is 15.1. The summed E-state index contributed by atoms with van der Waals surface area (Å²) in [5.41, 5.74) is 3.89. The van der Waals surface area contributed by atoms with Crippen LogP contribution in [0.5, 0.6) is 5.75 Å². The van der Waals surface area contributed by atoms with E-state index in [1.807, 2.05) is 41.2 Å². The van der Waals surface area contributed by atoms with Crippen molar-refractivity contribution in [1.82, 2.24) is 19.4 Å². The number of anilines is 1. The monoisotopic (exact) mass is 331 g/mol. The lowest BCUT2D eigenvalue weighted by Gasteiger charge is -2.08. The van der Waals surface area contributed by atoms with Gasteiger partial charge in [0.05, 0.1) is 11.9 Å². The second kappa shape index (κ2) is 6.60. The molecule has 0 radical (unpaired) electrons. The molecule has 0 saturated carbocycles. The standard InChI is InChI=1S/C19H17N5O/c25-16-5-3-15(4-6-16)17-13-23-19-18(22-10-11-24(17)19)21-9-7-14-2-1-8-20-12-14/h1-6,8,10-13,25H,7,9H2,(H,21,22). The highest BCUT2D eigenvalue weighted by atomic mass is 16.3. The summed E-state index contributed by atoms with van der Waals surface area (Å²) >= 11 is 0. The zero-order chi connectivity index (χ0) is 17.1. The molecule has 0 spiro atoms. The lowest BCUT2D eigenvalue weighted by Crippen LogP contribution is -2.08. The normalized spacial score (nSPS) is 10.9. The molecule has 3 aromatic heterocycles. The highest BCUT2D eigenvalue weighted by molar-refractivity contribution is 5.70. The van der Waals surface area contributed by atoms with Gasteiger partial charge in [-0.3, -0.25) is 9.38 Å². The summed E-state index contributed by atoms with van der Waals surface area (Å²) in [7, 11) is 0. The summed E-state index contributed by atoms with van der Waals surface area (Å²) in [6.45, 7) is 0.750. The number of aromatic nitrogens is 4. The molecule has 124 valence electrons. The van der Waals surface area contributed by atoms with E-state index >= 15 is 0 Å². The highest BCUT2D eigenvalue weighted by Crippen LogP contribution is 2.24. The van der Waals surface area contributed by atoms with E-state index in [0.717, 1.165) is 35.7 Å². The van der Waals surface area contributed by atoms with Gasteiger partial charge < -0.3 is 10.4 Å². The Bertz CT molecular complexity index is 980. The molecule has 0 saturated heterocycles. The van der Waals surface area contributed by atoms with Gasteiger partial charge in [-0.05, 0) is 42.3 Å². The topological polar surface area (TPSA) is 75.3 Å². The molecule has 0 amide bonds. The zero-order valence-electron chi connectivity index (χ0n) is 13.5. The Morgan fingerprint density at radius 2 is 1.88 bits per heavy atom. The van der Waals surface area contributed by atoms with Crippen LogP contribution in [0.2, 0.25) is 0 Å². The molecule has 4 rings (SSSR count). The summed E-state index contributed by atoms with van der Waals surface area (Å²) in [6.07, 6.45) is 9.96. The molecular formula is C19H17N5O. The molecule has 0 atom stereocenters. The number of aromatic hydroxyl groups is 1. The van der Waals surface area contributed by atoms with Crippen LogP contribution in [0, 0.1) is 0 Å². The van der Waals surface area contributed by atoms with E-state index in [0.29, 0.717) is 0 Å². The number of hydrogen-bond donors (Lipinski definition) is 2. The number of nitrogens with zero attached hydrogens (tertiary/aromatic N) is 4. The van der Waals surface area contributed by atoms with Crippen molar-refractivity contribution in [3.63, 3.8) is 0 Å². The molecule has 0 aliphatic heterocycles. The lowest BCUT2D eigenvalue weighted by atomic mass is 10.1. The summed E-state index contributed by atoms with van der Waals surface area (Å²) in [6, 6.07) is 11.1. The van der Waals surface area contributed by atoms with E-state index in [9.17, 15) is 5.11 Å². The predicted molar refractivity (Wildman–Crippen MR) is 96.5 cm³/mol. The number of nitrogens with one attached hydrogen (secondary N) is 1. The van der Waals surface area contributed by atoms with Gasteiger partial charge in [0.15, 0.2) is 11.5 Å². The van der Waals surface area contributed by atoms with Gasteiger partial charge in [0.1, 0.15) is 5.75 Å². The van der Waals surface area contributed by atoms with Crippen molar-refractivity contribution in [3.05, 3.63) is 72.9 Å². The number of pyridine rings is 1. The maximum Gasteiger partial charge on any atom is 0.180 e. The first-order chi connectivity index (χ1) is 12.3. The molecule has 25 heavy (non-hydrogen) atoms. The summed E-state index contributed by atoms with van der Waals surface area (Å²) < 4.78 is 1.99. The number of rotatable bonds is 5. The lowest BCUT2D eigenvalue weighted by molar-refractivity contribution is 0.475. The van der Waals surface area contributed by atoms with Gasteiger partial charge in [0.2, 0.25) is 0 Å². The first-order valence-electron chi connectivity index (χ1n) is 8.05. The second-order valence-electron chi connectivity index (χ2n) is 5.70. The molecule has 3 heterocycles. The number of hydrogen-bond acceptors (Lipinski definition) is 5. The summed E-state index contributed by atoms with van der Waals surface area (Å²) in [5, 5.41) is 12.8. The van der Waals surface area contributed by atoms with Crippen LogP contribution >= 0.6 is 0 Å². The van der Waals surface area contributed by atoms with E-state index in [1.165, 1.54) is 5.56 Å². The van der Waals surface area contributed by atoms with Gasteiger partial charge in [-0.1, -0.05) is 6.07 Å². The van der Waals surface area contributed by atoms with Crippen molar-refractivity contribution >= 4 is 11.5 Å². The van der Waals surface area contributed by atoms with Gasteiger partial charge in [-0.25, -0.2) is 9.97 Å². The van der Waals surface area contributed by atoms with Crippen molar-refractivity contribution in [1.29, 1.82) is 0 Å². The third-order valence-corrected chi connectivity index (χ3v) is 4.02. The van der Waals surface area contributed by atoms with Crippen molar-refractivity contribution in [2.75, 3.05) is 11.9 Å². The molecule has 0 bridgehead atoms. The van der Waals surface area contributed by atoms with E-state index < -0.39 is 0 Å². The highest BCUT2D eigenvalue weighted by Gasteiger charge is 2.10. The minimum absolute atomic E-state index is 0.247. The Hall–Kier alpha value is -3.41. The molecule has 4 aromatic rings. The molecule has 1 aromatic carbocycles. The van der Waals surface area contributed by atoms with Crippen LogP contribution in [-0.4, -0.2) is 31.0 Å². The fourth-order valence-corrected chi connectivity index (χ4v) is 2.76. The Labute approximate surface area is 144 Å². The molecule has 0 fully saturated rings. The smallest absolute Gasteiger partial charge is 0.180 e. The number of benzene rings is 1. The second-order valence-corrected chi connectivity index (χ2v) is 5.70. The average Bonchev–Trinajstić information content (AvgIpc) is 3.08. The number of fused-ring (bicyclic) bond motifs is 1. The van der Waals surface area contributed by atoms with Gasteiger partial charge in [-0.2, -0.15) is 0 Å². The van der Waals surface area contributed by atoms with E-state index in [2.05, 4.69) is 26.3 Å². The molecule has 2 N–H and O–H groups in total. The van der Waals surface area contributed by atoms with E-state index in [-0.39, 0.29) is 5.75 Å². The largest absolute Gasteiger partial charge is 0.508 e. The van der Waals surface area contributed by atoms with Gasteiger partial charge in [-0.15, -0.1) is 0 Å². The molecule has 6 heteroatoms. The fourth-order valence-electron chi connectivity index (χ4n) is 2.76. The predicted octanol–water partition coefficient (Wildman–Crippen LogP) is 3.15. The minimum Gasteiger partial charge on any atom is -0.508 e.